The van der Waals surface area contributed by atoms with Crippen molar-refractivity contribution in [3.8, 4) is 56.4 Å². The molecule has 72 heavy (non-hydrogen) atoms. The van der Waals surface area contributed by atoms with E-state index in [4.69, 9.17) is 13.9 Å². The molecule has 0 N–H and O–H groups in total. The Labute approximate surface area is 416 Å². The summed E-state index contributed by atoms with van der Waals surface area (Å²) in [5.74, 6) is 3.51. The molecule has 0 saturated carbocycles. The number of anilines is 3. The molecule has 0 unspecified atom stereocenters. The molecular weight excluding hydrogens is 879 g/mol. The predicted octanol–water partition coefficient (Wildman–Crippen LogP) is 17.7. The number of benzene rings is 11. The maximum atomic E-state index is 6.74. The standard InChI is InChI=1S/C68H41NO3/c1-4-21-53-47(16-1)49-38-36-45(41-60(49)68(53)58-25-8-13-30-64(58)71-65-31-14-9-26-59(65)68)69(43-34-32-42(33-35-43)46-19-15-20-51-50-18-3-10-27-61(50)72-66(46)51)44-37-39-55-52(40-44)48-17-2-5-22-54(48)67(55)56-23-6-11-28-62(56)70-63-29-12-7-24-57(63)67/h1-41H. The number of hydrogen-bond acceptors (Lipinski definition) is 4. The van der Waals surface area contributed by atoms with E-state index >= 15 is 0 Å². The zero-order valence-electron chi connectivity index (χ0n) is 38.8. The zero-order valence-corrected chi connectivity index (χ0v) is 38.8. The first-order valence-corrected chi connectivity index (χ1v) is 24.7. The van der Waals surface area contributed by atoms with Crippen molar-refractivity contribution in [3.63, 3.8) is 0 Å². The normalized spacial score (nSPS) is 14.3. The zero-order chi connectivity index (χ0) is 47.1. The molecule has 4 heteroatoms. The van der Waals surface area contributed by atoms with Gasteiger partial charge in [-0.25, -0.2) is 0 Å². The summed E-state index contributed by atoms with van der Waals surface area (Å²) in [6.07, 6.45) is 0. The van der Waals surface area contributed by atoms with Crippen LogP contribution in [0, 0.1) is 0 Å². The Bertz CT molecular complexity index is 4170. The molecule has 2 aliphatic carbocycles. The SMILES string of the molecule is c1ccc2c(c1)Oc1ccccc1C21c2ccccc2-c2cc(N(c3ccc(-c4cccc5c4oc4ccccc45)cc3)c3ccc4c(c3)C3(c5ccccc5Oc5ccccc53)c3ccccc3-4)ccc21. The molecule has 0 bridgehead atoms. The predicted molar refractivity (Wildman–Crippen MR) is 289 cm³/mol. The molecular formula is C68H41NO3. The summed E-state index contributed by atoms with van der Waals surface area (Å²) < 4.78 is 20.0. The fourth-order valence-corrected chi connectivity index (χ4v) is 13.2. The molecule has 4 nitrogen and oxygen atoms in total. The second-order valence-corrected chi connectivity index (χ2v) is 19.4. The fraction of sp³-hybridized carbons (Fsp3) is 0.0294. The van der Waals surface area contributed by atoms with Crippen LogP contribution in [0.5, 0.6) is 23.0 Å². The minimum Gasteiger partial charge on any atom is -0.457 e. The van der Waals surface area contributed by atoms with Crippen LogP contribution in [0.2, 0.25) is 0 Å². The summed E-state index contributed by atoms with van der Waals surface area (Å²) in [5.41, 5.74) is 20.3. The van der Waals surface area contributed by atoms with Gasteiger partial charge >= 0.3 is 0 Å². The number of furan rings is 1. The van der Waals surface area contributed by atoms with Crippen molar-refractivity contribution in [3.05, 3.63) is 293 Å². The quantitative estimate of drug-likeness (QED) is 0.176. The monoisotopic (exact) mass is 919 g/mol. The van der Waals surface area contributed by atoms with Crippen LogP contribution >= 0.6 is 0 Å². The van der Waals surface area contributed by atoms with E-state index in [9.17, 15) is 0 Å². The van der Waals surface area contributed by atoms with E-state index in [1.807, 2.05) is 12.1 Å². The van der Waals surface area contributed by atoms with E-state index < -0.39 is 10.8 Å². The van der Waals surface area contributed by atoms with Crippen molar-refractivity contribution >= 4 is 39.0 Å². The number of rotatable bonds is 4. The van der Waals surface area contributed by atoms with Crippen molar-refractivity contribution in [2.24, 2.45) is 0 Å². The van der Waals surface area contributed by atoms with Crippen LogP contribution in [-0.4, -0.2) is 0 Å². The van der Waals surface area contributed by atoms with E-state index in [1.165, 1.54) is 44.5 Å². The largest absolute Gasteiger partial charge is 0.457 e. The second-order valence-electron chi connectivity index (χ2n) is 19.4. The Morgan fingerprint density at radius 1 is 0.278 bits per heavy atom. The molecule has 0 saturated heterocycles. The van der Waals surface area contributed by atoms with Gasteiger partial charge in [0.25, 0.3) is 0 Å². The molecule has 16 rings (SSSR count). The smallest absolute Gasteiger partial charge is 0.143 e. The fourth-order valence-electron chi connectivity index (χ4n) is 13.2. The lowest BCUT2D eigenvalue weighted by molar-refractivity contribution is 0.436. The number of ether oxygens (including phenoxy) is 2. The first kappa shape index (κ1) is 39.5. The molecule has 2 aliphatic heterocycles. The number of nitrogens with zero attached hydrogens (tertiary/aromatic N) is 1. The summed E-state index contributed by atoms with van der Waals surface area (Å²) in [7, 11) is 0. The Balaban J connectivity index is 0.939. The van der Waals surface area contributed by atoms with Gasteiger partial charge in [-0.05, 0) is 117 Å². The molecule has 2 spiro atoms. The highest BCUT2D eigenvalue weighted by molar-refractivity contribution is 6.09. The minimum atomic E-state index is -0.624. The summed E-state index contributed by atoms with van der Waals surface area (Å²) in [5, 5.41) is 2.24. The van der Waals surface area contributed by atoms with Crippen LogP contribution in [0.15, 0.2) is 253 Å². The van der Waals surface area contributed by atoms with E-state index in [0.29, 0.717) is 0 Å². The van der Waals surface area contributed by atoms with Crippen LogP contribution in [0.1, 0.15) is 44.5 Å². The van der Waals surface area contributed by atoms with Gasteiger partial charge in [-0.3, -0.25) is 0 Å². The van der Waals surface area contributed by atoms with Crippen LogP contribution < -0.4 is 14.4 Å². The maximum absolute atomic E-state index is 6.74. The lowest BCUT2D eigenvalue weighted by atomic mass is 9.66. The first-order chi connectivity index (χ1) is 35.7. The second kappa shape index (κ2) is 14.6. The molecule has 4 aliphatic rings. The van der Waals surface area contributed by atoms with Gasteiger partial charge in [0, 0.05) is 55.7 Å². The average molecular weight is 920 g/mol. The molecule has 3 heterocycles. The van der Waals surface area contributed by atoms with Crippen molar-refractivity contribution in [1.29, 1.82) is 0 Å². The lowest BCUT2D eigenvalue weighted by Crippen LogP contribution is -2.32. The van der Waals surface area contributed by atoms with Gasteiger partial charge in [0.05, 0.1) is 10.8 Å². The Morgan fingerprint density at radius 2 is 0.708 bits per heavy atom. The van der Waals surface area contributed by atoms with E-state index in [0.717, 1.165) is 95.4 Å². The highest BCUT2D eigenvalue weighted by Crippen LogP contribution is 2.65. The van der Waals surface area contributed by atoms with Crippen LogP contribution in [0.25, 0.3) is 55.3 Å². The van der Waals surface area contributed by atoms with E-state index in [-0.39, 0.29) is 0 Å². The summed E-state index contributed by atoms with van der Waals surface area (Å²) >= 11 is 0. The van der Waals surface area contributed by atoms with Crippen molar-refractivity contribution in [2.45, 2.75) is 10.8 Å². The molecule has 0 fully saturated rings. The molecule has 336 valence electrons. The molecule has 11 aromatic carbocycles. The van der Waals surface area contributed by atoms with Gasteiger partial charge in [0.15, 0.2) is 0 Å². The lowest BCUT2D eigenvalue weighted by Gasteiger charge is -2.40. The molecule has 0 radical (unpaired) electrons. The summed E-state index contributed by atoms with van der Waals surface area (Å²) in [6.45, 7) is 0. The Hall–Kier alpha value is -9.38. The highest BCUT2D eigenvalue weighted by atomic mass is 16.5. The molecule has 1 aromatic heterocycles. The molecule has 12 aromatic rings. The van der Waals surface area contributed by atoms with E-state index in [1.54, 1.807) is 0 Å². The third-order valence-corrected chi connectivity index (χ3v) is 16.0. The first-order valence-electron chi connectivity index (χ1n) is 24.7. The van der Waals surface area contributed by atoms with Crippen LogP contribution in [0.3, 0.4) is 0 Å². The number of para-hydroxylation sites is 6. The number of hydrogen-bond donors (Lipinski definition) is 0. The molecule has 0 atom stereocenters. The van der Waals surface area contributed by atoms with Gasteiger partial charge in [-0.15, -0.1) is 0 Å². The average Bonchev–Trinajstić information content (AvgIpc) is 4.07. The van der Waals surface area contributed by atoms with Gasteiger partial charge in [0.2, 0.25) is 0 Å². The summed E-state index contributed by atoms with van der Waals surface area (Å²) in [6, 6.07) is 90.2. The van der Waals surface area contributed by atoms with Gasteiger partial charge in [-0.2, -0.15) is 0 Å². The third-order valence-electron chi connectivity index (χ3n) is 16.0. The van der Waals surface area contributed by atoms with E-state index in [2.05, 4.69) is 241 Å². The van der Waals surface area contributed by atoms with Crippen LogP contribution in [-0.2, 0) is 10.8 Å². The third kappa shape index (κ3) is 5.10. The molecule has 0 amide bonds. The minimum absolute atomic E-state index is 0.574. The van der Waals surface area contributed by atoms with Crippen molar-refractivity contribution in [1.82, 2.24) is 0 Å². The maximum Gasteiger partial charge on any atom is 0.143 e. The van der Waals surface area contributed by atoms with Crippen molar-refractivity contribution in [2.75, 3.05) is 4.90 Å². The Kier molecular flexibility index (Phi) is 7.99. The highest BCUT2D eigenvalue weighted by Gasteiger charge is 2.53. The Morgan fingerprint density at radius 3 is 1.33 bits per heavy atom. The van der Waals surface area contributed by atoms with Gasteiger partial charge in [-0.1, -0.05) is 182 Å². The summed E-state index contributed by atoms with van der Waals surface area (Å²) in [4.78, 5) is 2.44. The van der Waals surface area contributed by atoms with Gasteiger partial charge < -0.3 is 18.8 Å². The van der Waals surface area contributed by atoms with Crippen molar-refractivity contribution < 1.29 is 13.9 Å². The topological polar surface area (TPSA) is 34.8 Å². The van der Waals surface area contributed by atoms with Crippen LogP contribution in [0.4, 0.5) is 17.1 Å². The number of fused-ring (bicyclic) bond motifs is 21. The van der Waals surface area contributed by atoms with Gasteiger partial charge in [0.1, 0.15) is 34.2 Å².